The Kier molecular flexibility index (Phi) is 6.05. The summed E-state index contributed by atoms with van der Waals surface area (Å²) in [5.41, 5.74) is 7.43. The topological polar surface area (TPSA) is 50.4 Å². The maximum atomic E-state index is 5.51. The Morgan fingerprint density at radius 3 is 2.55 bits per heavy atom. The van der Waals surface area contributed by atoms with Crippen LogP contribution in [0.2, 0.25) is 0 Å². The average Bonchev–Trinajstić information content (AvgIpc) is 3.20. The van der Waals surface area contributed by atoms with Crippen LogP contribution < -0.4 is 9.47 Å². The van der Waals surface area contributed by atoms with Crippen LogP contribution in [-0.2, 0) is 6.54 Å². The van der Waals surface area contributed by atoms with Gasteiger partial charge in [-0.2, -0.15) is 0 Å². The molecule has 3 heterocycles. The molecular formula is C28H31N3O2. The van der Waals surface area contributed by atoms with Gasteiger partial charge in [-0.15, -0.1) is 0 Å². The van der Waals surface area contributed by atoms with Gasteiger partial charge in [0.15, 0.2) is 11.5 Å². The van der Waals surface area contributed by atoms with Crippen molar-refractivity contribution in [1.82, 2.24) is 14.9 Å². The highest BCUT2D eigenvalue weighted by Crippen LogP contribution is 2.37. The molecule has 2 aromatic carbocycles. The molecule has 170 valence electrons. The summed E-state index contributed by atoms with van der Waals surface area (Å²) < 4.78 is 10.9. The lowest BCUT2D eigenvalue weighted by atomic mass is 9.88. The number of methoxy groups -OCH3 is 2. The van der Waals surface area contributed by atoms with Crippen LogP contribution in [0.3, 0.4) is 0 Å². The lowest BCUT2D eigenvalue weighted by Gasteiger charge is -2.32. The van der Waals surface area contributed by atoms with E-state index in [1.807, 2.05) is 30.6 Å². The summed E-state index contributed by atoms with van der Waals surface area (Å²) in [5, 5.41) is 1.30. The van der Waals surface area contributed by atoms with Gasteiger partial charge in [0.1, 0.15) is 0 Å². The summed E-state index contributed by atoms with van der Waals surface area (Å²) in [7, 11) is 3.34. The smallest absolute Gasteiger partial charge is 0.161 e. The molecule has 0 unspecified atom stereocenters. The highest BCUT2D eigenvalue weighted by Gasteiger charge is 2.22. The van der Waals surface area contributed by atoms with Crippen molar-refractivity contribution in [2.45, 2.75) is 32.2 Å². The third-order valence-electron chi connectivity index (χ3n) is 6.94. The number of nitrogens with one attached hydrogen (secondary N) is 1. The molecule has 0 atom stereocenters. The molecule has 0 amide bonds. The second-order valence-corrected chi connectivity index (χ2v) is 8.91. The van der Waals surface area contributed by atoms with Gasteiger partial charge in [0.05, 0.1) is 14.2 Å². The van der Waals surface area contributed by atoms with E-state index in [1.54, 1.807) is 14.2 Å². The Morgan fingerprint density at radius 2 is 1.82 bits per heavy atom. The number of H-pyrrole nitrogens is 1. The van der Waals surface area contributed by atoms with Gasteiger partial charge in [-0.25, -0.2) is 0 Å². The Morgan fingerprint density at radius 1 is 1.00 bits per heavy atom. The Hall–Kier alpha value is -3.31. The first kappa shape index (κ1) is 21.5. The number of piperidine rings is 1. The van der Waals surface area contributed by atoms with Gasteiger partial charge in [0.25, 0.3) is 0 Å². The number of aromatic amines is 1. The number of fused-ring (bicyclic) bond motifs is 1. The number of aromatic nitrogens is 2. The normalized spacial score (nSPS) is 15.1. The molecule has 0 radical (unpaired) electrons. The van der Waals surface area contributed by atoms with Gasteiger partial charge in [0.2, 0.25) is 0 Å². The molecule has 0 spiro atoms. The highest BCUT2D eigenvalue weighted by atomic mass is 16.5. The maximum Gasteiger partial charge on any atom is 0.161 e. The molecule has 1 fully saturated rings. The van der Waals surface area contributed by atoms with Gasteiger partial charge in [0, 0.05) is 41.1 Å². The van der Waals surface area contributed by atoms with E-state index in [0.717, 1.165) is 42.4 Å². The minimum atomic E-state index is 0.610. The summed E-state index contributed by atoms with van der Waals surface area (Å²) in [4.78, 5) is 10.4. The minimum absolute atomic E-state index is 0.610. The fourth-order valence-electron chi connectivity index (χ4n) is 5.05. The zero-order valence-corrected chi connectivity index (χ0v) is 19.6. The largest absolute Gasteiger partial charge is 0.493 e. The Labute approximate surface area is 195 Å². The van der Waals surface area contributed by atoms with E-state index in [2.05, 4.69) is 52.1 Å². The second-order valence-electron chi connectivity index (χ2n) is 8.91. The van der Waals surface area contributed by atoms with Crippen molar-refractivity contribution in [1.29, 1.82) is 0 Å². The first-order valence-electron chi connectivity index (χ1n) is 11.6. The SMILES string of the molecule is COc1ccc(-c2[nH]c3ccc(C4CCN(Cc5cccnc5)CC4)cc3c2C)cc1OC. The van der Waals surface area contributed by atoms with E-state index in [1.165, 1.54) is 40.4 Å². The molecule has 1 saturated heterocycles. The minimum Gasteiger partial charge on any atom is -0.493 e. The van der Waals surface area contributed by atoms with Crippen molar-refractivity contribution in [3.8, 4) is 22.8 Å². The maximum absolute atomic E-state index is 5.51. The highest BCUT2D eigenvalue weighted by molar-refractivity contribution is 5.91. The molecule has 5 nitrogen and oxygen atoms in total. The van der Waals surface area contributed by atoms with E-state index < -0.39 is 0 Å². The molecule has 5 heteroatoms. The van der Waals surface area contributed by atoms with E-state index in [4.69, 9.17) is 9.47 Å². The van der Waals surface area contributed by atoms with Crippen LogP contribution in [-0.4, -0.2) is 42.2 Å². The number of hydrogen-bond acceptors (Lipinski definition) is 4. The summed E-state index contributed by atoms with van der Waals surface area (Å²) in [6, 6.07) is 17.2. The molecular weight excluding hydrogens is 410 g/mol. The van der Waals surface area contributed by atoms with Crippen LogP contribution in [0, 0.1) is 6.92 Å². The number of hydrogen-bond donors (Lipinski definition) is 1. The third-order valence-corrected chi connectivity index (χ3v) is 6.94. The zero-order valence-electron chi connectivity index (χ0n) is 19.6. The molecule has 0 saturated carbocycles. The first-order valence-corrected chi connectivity index (χ1v) is 11.6. The van der Waals surface area contributed by atoms with Gasteiger partial charge in [-0.05, 0) is 91.9 Å². The predicted molar refractivity (Wildman–Crippen MR) is 133 cm³/mol. The van der Waals surface area contributed by atoms with Crippen molar-refractivity contribution < 1.29 is 9.47 Å². The first-order chi connectivity index (χ1) is 16.2. The Bertz CT molecular complexity index is 1240. The number of nitrogens with zero attached hydrogens (tertiary/aromatic N) is 2. The van der Waals surface area contributed by atoms with Crippen LogP contribution in [0.25, 0.3) is 22.2 Å². The van der Waals surface area contributed by atoms with Gasteiger partial charge < -0.3 is 14.5 Å². The van der Waals surface area contributed by atoms with Crippen molar-refractivity contribution in [3.05, 3.63) is 77.6 Å². The quantitative estimate of drug-likeness (QED) is 0.403. The Balaban J connectivity index is 1.35. The number of likely N-dealkylation sites (tertiary alicyclic amines) is 1. The van der Waals surface area contributed by atoms with Crippen LogP contribution in [0.5, 0.6) is 11.5 Å². The average molecular weight is 442 g/mol. The molecule has 1 aliphatic rings. The zero-order chi connectivity index (χ0) is 22.8. The number of aryl methyl sites for hydroxylation is 1. The van der Waals surface area contributed by atoms with Crippen LogP contribution in [0.4, 0.5) is 0 Å². The van der Waals surface area contributed by atoms with E-state index in [-0.39, 0.29) is 0 Å². The summed E-state index contributed by atoms with van der Waals surface area (Å²) in [6.45, 7) is 5.44. The number of rotatable bonds is 6. The van der Waals surface area contributed by atoms with Crippen LogP contribution in [0.1, 0.15) is 35.4 Å². The molecule has 1 N–H and O–H groups in total. The fraction of sp³-hybridized carbons (Fsp3) is 0.321. The van der Waals surface area contributed by atoms with Gasteiger partial charge in [-0.3, -0.25) is 9.88 Å². The summed E-state index contributed by atoms with van der Waals surface area (Å²) >= 11 is 0. The lowest BCUT2D eigenvalue weighted by molar-refractivity contribution is 0.204. The molecule has 2 aromatic heterocycles. The molecule has 33 heavy (non-hydrogen) atoms. The van der Waals surface area contributed by atoms with Crippen LogP contribution in [0.15, 0.2) is 60.9 Å². The van der Waals surface area contributed by atoms with E-state index in [0.29, 0.717) is 5.92 Å². The summed E-state index contributed by atoms with van der Waals surface area (Å²) in [6.07, 6.45) is 6.20. The molecule has 5 rings (SSSR count). The standard InChI is InChI=1S/C28H31N3O2/c1-19-24-15-22(21-10-13-31(14-11-21)18-20-5-4-12-29-17-20)6-8-25(24)30-28(19)23-7-9-26(32-2)27(16-23)33-3/h4-9,12,15-17,21,30H,10-11,13-14,18H2,1-3H3. The second kappa shape index (κ2) is 9.28. The van der Waals surface area contributed by atoms with Crippen LogP contribution >= 0.6 is 0 Å². The lowest BCUT2D eigenvalue weighted by Crippen LogP contribution is -2.32. The van der Waals surface area contributed by atoms with Crippen molar-refractivity contribution >= 4 is 10.9 Å². The fourth-order valence-corrected chi connectivity index (χ4v) is 5.05. The summed E-state index contributed by atoms with van der Waals surface area (Å²) in [5.74, 6) is 2.09. The monoisotopic (exact) mass is 441 g/mol. The third kappa shape index (κ3) is 4.33. The number of benzene rings is 2. The number of pyridine rings is 1. The molecule has 1 aliphatic heterocycles. The molecule has 0 bridgehead atoms. The van der Waals surface area contributed by atoms with Crippen molar-refractivity contribution in [2.24, 2.45) is 0 Å². The van der Waals surface area contributed by atoms with Gasteiger partial charge in [-0.1, -0.05) is 12.1 Å². The van der Waals surface area contributed by atoms with E-state index in [9.17, 15) is 0 Å². The number of ether oxygens (including phenoxy) is 2. The van der Waals surface area contributed by atoms with Crippen molar-refractivity contribution in [3.63, 3.8) is 0 Å². The van der Waals surface area contributed by atoms with E-state index >= 15 is 0 Å². The molecule has 0 aliphatic carbocycles. The molecule has 4 aromatic rings. The predicted octanol–water partition coefficient (Wildman–Crippen LogP) is 5.94. The van der Waals surface area contributed by atoms with Gasteiger partial charge >= 0.3 is 0 Å². The van der Waals surface area contributed by atoms with Crippen molar-refractivity contribution in [2.75, 3.05) is 27.3 Å².